The lowest BCUT2D eigenvalue weighted by Gasteiger charge is -2.19. The van der Waals surface area contributed by atoms with Crippen LogP contribution in [0.25, 0.3) is 11.3 Å². The van der Waals surface area contributed by atoms with Gasteiger partial charge in [0.2, 0.25) is 0 Å². The Bertz CT molecular complexity index is 922. The van der Waals surface area contributed by atoms with Crippen LogP contribution in [0, 0.1) is 6.92 Å². The molecule has 0 spiro atoms. The number of aryl methyl sites for hydroxylation is 1. The van der Waals surface area contributed by atoms with Gasteiger partial charge >= 0.3 is 0 Å². The molecule has 1 amide bonds. The standard InChI is InChI=1S/C20H19ClN2O3/c1-13-18(19(22-26-13)14-7-5-4-6-8-14)20(24)23(2)12-15-11-16(21)9-10-17(15)25-3/h4-11H,12H2,1-3H3. The Morgan fingerprint density at radius 1 is 1.23 bits per heavy atom. The third-order valence-electron chi connectivity index (χ3n) is 4.12. The molecule has 6 heteroatoms. The van der Waals surface area contributed by atoms with Crippen LogP contribution >= 0.6 is 11.6 Å². The number of nitrogens with zero attached hydrogens (tertiary/aromatic N) is 2. The van der Waals surface area contributed by atoms with Crippen molar-refractivity contribution < 1.29 is 14.1 Å². The lowest BCUT2D eigenvalue weighted by molar-refractivity contribution is 0.0783. The highest BCUT2D eigenvalue weighted by atomic mass is 35.5. The SMILES string of the molecule is COc1ccc(Cl)cc1CN(C)C(=O)c1c(-c2ccccc2)noc1C. The summed E-state index contributed by atoms with van der Waals surface area (Å²) in [4.78, 5) is 14.7. The molecule has 0 atom stereocenters. The number of benzene rings is 2. The van der Waals surface area contributed by atoms with Crippen LogP contribution in [-0.2, 0) is 6.54 Å². The first kappa shape index (κ1) is 18.0. The van der Waals surface area contributed by atoms with Gasteiger partial charge in [0.15, 0.2) is 0 Å². The topological polar surface area (TPSA) is 55.6 Å². The molecule has 0 N–H and O–H groups in total. The molecule has 1 aromatic heterocycles. The van der Waals surface area contributed by atoms with E-state index in [2.05, 4.69) is 5.16 Å². The maximum Gasteiger partial charge on any atom is 0.259 e. The smallest absolute Gasteiger partial charge is 0.259 e. The van der Waals surface area contributed by atoms with Gasteiger partial charge in [-0.1, -0.05) is 47.1 Å². The van der Waals surface area contributed by atoms with Crippen molar-refractivity contribution in [3.8, 4) is 17.0 Å². The van der Waals surface area contributed by atoms with Crippen molar-refractivity contribution in [3.05, 3.63) is 70.4 Å². The highest BCUT2D eigenvalue weighted by Crippen LogP contribution is 2.28. The fraction of sp³-hybridized carbons (Fsp3) is 0.200. The molecule has 0 fully saturated rings. The zero-order valence-corrected chi connectivity index (χ0v) is 15.6. The fourth-order valence-corrected chi connectivity index (χ4v) is 3.00. The van der Waals surface area contributed by atoms with Crippen LogP contribution in [0.1, 0.15) is 21.7 Å². The molecule has 0 aliphatic carbocycles. The number of hydrogen-bond donors (Lipinski definition) is 0. The minimum Gasteiger partial charge on any atom is -0.496 e. The molecule has 5 nitrogen and oxygen atoms in total. The molecule has 134 valence electrons. The molecule has 0 unspecified atom stereocenters. The van der Waals surface area contributed by atoms with Gasteiger partial charge in [0, 0.05) is 29.7 Å². The van der Waals surface area contributed by atoms with Gasteiger partial charge in [0.1, 0.15) is 22.8 Å². The molecule has 0 saturated carbocycles. The number of carbonyl (C=O) groups excluding carboxylic acids is 1. The number of aromatic nitrogens is 1. The summed E-state index contributed by atoms with van der Waals surface area (Å²) < 4.78 is 10.7. The molecule has 26 heavy (non-hydrogen) atoms. The first-order chi connectivity index (χ1) is 12.5. The summed E-state index contributed by atoms with van der Waals surface area (Å²) in [5.74, 6) is 0.989. The van der Waals surface area contributed by atoms with Crippen molar-refractivity contribution in [2.45, 2.75) is 13.5 Å². The molecule has 0 saturated heterocycles. The molecule has 0 radical (unpaired) electrons. The van der Waals surface area contributed by atoms with E-state index in [0.717, 1.165) is 11.1 Å². The Kier molecular flexibility index (Phi) is 5.28. The Morgan fingerprint density at radius 2 is 1.96 bits per heavy atom. The number of amides is 1. The maximum absolute atomic E-state index is 13.1. The van der Waals surface area contributed by atoms with E-state index in [9.17, 15) is 4.79 Å². The Labute approximate surface area is 157 Å². The monoisotopic (exact) mass is 370 g/mol. The predicted octanol–water partition coefficient (Wildman–Crippen LogP) is 4.58. The molecule has 0 bridgehead atoms. The molecule has 3 aromatic rings. The number of ether oxygens (including phenoxy) is 1. The molecule has 0 aliphatic rings. The zero-order valence-electron chi connectivity index (χ0n) is 14.8. The molecule has 2 aromatic carbocycles. The third kappa shape index (κ3) is 3.58. The van der Waals surface area contributed by atoms with E-state index in [4.69, 9.17) is 20.9 Å². The van der Waals surface area contributed by atoms with E-state index in [1.807, 2.05) is 30.3 Å². The summed E-state index contributed by atoms with van der Waals surface area (Å²) in [6, 6.07) is 14.8. The van der Waals surface area contributed by atoms with E-state index in [0.29, 0.717) is 34.3 Å². The zero-order chi connectivity index (χ0) is 18.7. The number of methoxy groups -OCH3 is 1. The van der Waals surface area contributed by atoms with Crippen molar-refractivity contribution in [3.63, 3.8) is 0 Å². The summed E-state index contributed by atoms with van der Waals surface area (Å²) in [6.45, 7) is 2.09. The number of hydrogen-bond acceptors (Lipinski definition) is 4. The Hall–Kier alpha value is -2.79. The van der Waals surface area contributed by atoms with Gasteiger partial charge in [0.05, 0.1) is 7.11 Å². The highest BCUT2D eigenvalue weighted by molar-refractivity contribution is 6.30. The van der Waals surface area contributed by atoms with Gasteiger partial charge in [-0.2, -0.15) is 0 Å². The van der Waals surface area contributed by atoms with Crippen molar-refractivity contribution in [2.75, 3.05) is 14.2 Å². The van der Waals surface area contributed by atoms with E-state index in [-0.39, 0.29) is 5.91 Å². The summed E-state index contributed by atoms with van der Waals surface area (Å²) in [7, 11) is 3.32. The molecule has 0 aliphatic heterocycles. The van der Waals surface area contributed by atoms with Crippen LogP contribution < -0.4 is 4.74 Å². The first-order valence-electron chi connectivity index (χ1n) is 8.11. The summed E-state index contributed by atoms with van der Waals surface area (Å²) in [5, 5.41) is 4.67. The Morgan fingerprint density at radius 3 is 2.65 bits per heavy atom. The van der Waals surface area contributed by atoms with Crippen molar-refractivity contribution in [1.29, 1.82) is 0 Å². The molecule has 1 heterocycles. The van der Waals surface area contributed by atoms with E-state index in [1.54, 1.807) is 44.2 Å². The van der Waals surface area contributed by atoms with Crippen LogP contribution in [0.3, 0.4) is 0 Å². The van der Waals surface area contributed by atoms with Crippen molar-refractivity contribution in [2.24, 2.45) is 0 Å². The lowest BCUT2D eigenvalue weighted by Crippen LogP contribution is -2.27. The average Bonchev–Trinajstić information content (AvgIpc) is 3.03. The minimum absolute atomic E-state index is 0.176. The minimum atomic E-state index is -0.176. The van der Waals surface area contributed by atoms with Crippen LogP contribution in [0.15, 0.2) is 53.1 Å². The second kappa shape index (κ2) is 7.62. The summed E-state index contributed by atoms with van der Waals surface area (Å²) in [5.41, 5.74) is 2.66. The van der Waals surface area contributed by atoms with Gasteiger partial charge in [-0.25, -0.2) is 0 Å². The summed E-state index contributed by atoms with van der Waals surface area (Å²) >= 11 is 6.08. The van der Waals surface area contributed by atoms with Gasteiger partial charge in [-0.05, 0) is 25.1 Å². The van der Waals surface area contributed by atoms with Crippen LogP contribution in [0.5, 0.6) is 5.75 Å². The van der Waals surface area contributed by atoms with Crippen molar-refractivity contribution in [1.82, 2.24) is 10.1 Å². The predicted molar refractivity (Wildman–Crippen MR) is 100 cm³/mol. The van der Waals surface area contributed by atoms with E-state index < -0.39 is 0 Å². The largest absolute Gasteiger partial charge is 0.496 e. The number of rotatable bonds is 5. The van der Waals surface area contributed by atoms with Gasteiger partial charge in [-0.3, -0.25) is 4.79 Å². The number of halogens is 1. The normalized spacial score (nSPS) is 10.6. The van der Waals surface area contributed by atoms with Gasteiger partial charge in [-0.15, -0.1) is 0 Å². The third-order valence-corrected chi connectivity index (χ3v) is 4.36. The highest BCUT2D eigenvalue weighted by Gasteiger charge is 2.25. The van der Waals surface area contributed by atoms with Gasteiger partial charge in [0.25, 0.3) is 5.91 Å². The number of carbonyl (C=O) groups is 1. The van der Waals surface area contributed by atoms with Crippen LogP contribution in [0.2, 0.25) is 5.02 Å². The second-order valence-electron chi connectivity index (χ2n) is 5.95. The molecular formula is C20H19ClN2O3. The van der Waals surface area contributed by atoms with Crippen LogP contribution in [0.4, 0.5) is 0 Å². The van der Waals surface area contributed by atoms with Crippen molar-refractivity contribution >= 4 is 17.5 Å². The first-order valence-corrected chi connectivity index (χ1v) is 8.48. The van der Waals surface area contributed by atoms with E-state index >= 15 is 0 Å². The maximum atomic E-state index is 13.1. The molecule has 3 rings (SSSR count). The van der Waals surface area contributed by atoms with Crippen LogP contribution in [-0.4, -0.2) is 30.1 Å². The lowest BCUT2D eigenvalue weighted by atomic mass is 10.0. The summed E-state index contributed by atoms with van der Waals surface area (Å²) in [6.07, 6.45) is 0. The average molecular weight is 371 g/mol. The van der Waals surface area contributed by atoms with E-state index in [1.165, 1.54) is 0 Å². The van der Waals surface area contributed by atoms with Gasteiger partial charge < -0.3 is 14.2 Å². The Balaban J connectivity index is 1.91. The second-order valence-corrected chi connectivity index (χ2v) is 6.38. The molecular weight excluding hydrogens is 352 g/mol. The quantitative estimate of drug-likeness (QED) is 0.659. The fourth-order valence-electron chi connectivity index (χ4n) is 2.81.